The maximum atomic E-state index is 5.44. The number of nitrogens with one attached hydrogen (secondary N) is 1. The predicted molar refractivity (Wildman–Crippen MR) is 67.2 cm³/mol. The topological polar surface area (TPSA) is 38.0 Å². The third-order valence-corrected chi connectivity index (χ3v) is 2.59. The van der Waals surface area contributed by atoms with Crippen molar-refractivity contribution in [2.24, 2.45) is 5.73 Å². The molecule has 3 N–H and O–H groups in total. The number of aryl methyl sites for hydroxylation is 1. The van der Waals surface area contributed by atoms with Gasteiger partial charge in [-0.2, -0.15) is 0 Å². The zero-order valence-corrected chi connectivity index (χ0v) is 9.63. The molecule has 0 aromatic heterocycles. The minimum absolute atomic E-state index is 0.825. The highest BCUT2D eigenvalue weighted by Gasteiger charge is 1.94. The molecular weight excluding hydrogens is 184 g/mol. The van der Waals surface area contributed by atoms with Gasteiger partial charge in [-0.1, -0.05) is 31.0 Å². The van der Waals surface area contributed by atoms with Crippen LogP contribution in [-0.2, 0) is 0 Å². The summed E-state index contributed by atoms with van der Waals surface area (Å²) >= 11 is 0. The van der Waals surface area contributed by atoms with Crippen molar-refractivity contribution in [3.63, 3.8) is 0 Å². The molecule has 0 spiro atoms. The Morgan fingerprint density at radius 2 is 1.80 bits per heavy atom. The summed E-state index contributed by atoms with van der Waals surface area (Å²) in [6, 6.07) is 8.41. The number of hydrogen-bond acceptors (Lipinski definition) is 2. The molecule has 2 nitrogen and oxygen atoms in total. The van der Waals surface area contributed by atoms with Gasteiger partial charge >= 0.3 is 0 Å². The van der Waals surface area contributed by atoms with Crippen LogP contribution in [0.5, 0.6) is 0 Å². The van der Waals surface area contributed by atoms with Crippen LogP contribution in [0.4, 0.5) is 5.69 Å². The fourth-order valence-corrected chi connectivity index (χ4v) is 1.62. The highest BCUT2D eigenvalue weighted by Crippen LogP contribution is 2.13. The first-order chi connectivity index (χ1) is 7.34. The van der Waals surface area contributed by atoms with Gasteiger partial charge in [-0.05, 0) is 37.9 Å². The molecule has 0 atom stereocenters. The fourth-order valence-electron chi connectivity index (χ4n) is 1.62. The number of rotatable bonds is 7. The summed E-state index contributed by atoms with van der Waals surface area (Å²) in [5, 5.41) is 3.46. The lowest BCUT2D eigenvalue weighted by Crippen LogP contribution is -2.03. The molecule has 0 aliphatic heterocycles. The standard InChI is InChI=1S/C13H22N2/c1-12-8-4-5-9-13(12)15-11-7-3-2-6-10-14/h4-5,8-9,15H,2-3,6-7,10-11,14H2,1H3. The first-order valence-electron chi connectivity index (χ1n) is 5.84. The van der Waals surface area contributed by atoms with Gasteiger partial charge in [0.15, 0.2) is 0 Å². The van der Waals surface area contributed by atoms with Crippen LogP contribution in [0.25, 0.3) is 0 Å². The number of nitrogens with two attached hydrogens (primary N) is 1. The largest absolute Gasteiger partial charge is 0.385 e. The lowest BCUT2D eigenvalue weighted by Gasteiger charge is -2.08. The molecule has 1 rings (SSSR count). The Labute approximate surface area is 92.9 Å². The van der Waals surface area contributed by atoms with Gasteiger partial charge in [0.05, 0.1) is 0 Å². The summed E-state index contributed by atoms with van der Waals surface area (Å²) in [6.45, 7) is 4.03. The van der Waals surface area contributed by atoms with Crippen molar-refractivity contribution < 1.29 is 0 Å². The Kier molecular flexibility index (Phi) is 5.86. The summed E-state index contributed by atoms with van der Waals surface area (Å²) in [5.74, 6) is 0. The Morgan fingerprint density at radius 3 is 2.53 bits per heavy atom. The molecule has 0 unspecified atom stereocenters. The molecule has 0 bridgehead atoms. The van der Waals surface area contributed by atoms with Gasteiger partial charge in [0.1, 0.15) is 0 Å². The van der Waals surface area contributed by atoms with Crippen molar-refractivity contribution in [2.75, 3.05) is 18.4 Å². The Balaban J connectivity index is 2.12. The summed E-state index contributed by atoms with van der Waals surface area (Å²) in [5.41, 5.74) is 8.02. The van der Waals surface area contributed by atoms with Crippen LogP contribution in [0.3, 0.4) is 0 Å². The maximum Gasteiger partial charge on any atom is 0.0369 e. The van der Waals surface area contributed by atoms with Gasteiger partial charge in [-0.25, -0.2) is 0 Å². The Bertz CT molecular complexity index is 271. The zero-order chi connectivity index (χ0) is 10.9. The van der Waals surface area contributed by atoms with E-state index in [1.807, 2.05) is 0 Å². The molecule has 0 aliphatic carbocycles. The average Bonchev–Trinajstić information content (AvgIpc) is 2.25. The van der Waals surface area contributed by atoms with Crippen LogP contribution < -0.4 is 11.1 Å². The molecule has 0 heterocycles. The smallest absolute Gasteiger partial charge is 0.0369 e. The molecule has 0 saturated heterocycles. The van der Waals surface area contributed by atoms with Crippen LogP contribution in [0.1, 0.15) is 31.2 Å². The number of benzene rings is 1. The van der Waals surface area contributed by atoms with E-state index in [4.69, 9.17) is 5.73 Å². The van der Waals surface area contributed by atoms with E-state index in [1.54, 1.807) is 0 Å². The minimum atomic E-state index is 0.825. The van der Waals surface area contributed by atoms with Crippen molar-refractivity contribution in [3.8, 4) is 0 Å². The fraction of sp³-hybridized carbons (Fsp3) is 0.538. The summed E-state index contributed by atoms with van der Waals surface area (Å²) in [6.07, 6.45) is 4.92. The van der Waals surface area contributed by atoms with Gasteiger partial charge in [0.25, 0.3) is 0 Å². The zero-order valence-electron chi connectivity index (χ0n) is 9.63. The third-order valence-electron chi connectivity index (χ3n) is 2.59. The molecule has 0 fully saturated rings. The van der Waals surface area contributed by atoms with Crippen LogP contribution in [0.2, 0.25) is 0 Å². The second kappa shape index (κ2) is 7.30. The van der Waals surface area contributed by atoms with Crippen molar-refractivity contribution in [1.82, 2.24) is 0 Å². The maximum absolute atomic E-state index is 5.44. The van der Waals surface area contributed by atoms with Crippen molar-refractivity contribution in [3.05, 3.63) is 29.8 Å². The lowest BCUT2D eigenvalue weighted by molar-refractivity contribution is 0.661. The summed E-state index contributed by atoms with van der Waals surface area (Å²) < 4.78 is 0. The molecule has 1 aromatic rings. The third kappa shape index (κ3) is 4.84. The second-order valence-corrected chi connectivity index (χ2v) is 3.94. The Hall–Kier alpha value is -1.02. The van der Waals surface area contributed by atoms with E-state index in [-0.39, 0.29) is 0 Å². The van der Waals surface area contributed by atoms with Gasteiger partial charge in [-0.15, -0.1) is 0 Å². The predicted octanol–water partition coefficient (Wildman–Crippen LogP) is 2.93. The van der Waals surface area contributed by atoms with E-state index in [1.165, 1.54) is 30.5 Å². The van der Waals surface area contributed by atoms with E-state index in [9.17, 15) is 0 Å². The molecule has 0 saturated carbocycles. The van der Waals surface area contributed by atoms with Crippen molar-refractivity contribution in [2.45, 2.75) is 32.6 Å². The molecule has 84 valence electrons. The molecule has 0 aliphatic rings. The van der Waals surface area contributed by atoms with Gasteiger partial charge in [-0.3, -0.25) is 0 Å². The molecule has 2 heteroatoms. The van der Waals surface area contributed by atoms with E-state index < -0.39 is 0 Å². The van der Waals surface area contributed by atoms with Crippen LogP contribution >= 0.6 is 0 Å². The molecule has 1 aromatic carbocycles. The van der Waals surface area contributed by atoms with Crippen LogP contribution in [0, 0.1) is 6.92 Å². The number of anilines is 1. The Morgan fingerprint density at radius 1 is 1.07 bits per heavy atom. The second-order valence-electron chi connectivity index (χ2n) is 3.94. The SMILES string of the molecule is Cc1ccccc1NCCCCCCN. The molecular formula is C13H22N2. The van der Waals surface area contributed by atoms with Gasteiger partial charge < -0.3 is 11.1 Å². The molecule has 0 amide bonds. The van der Waals surface area contributed by atoms with E-state index in [0.717, 1.165) is 19.5 Å². The van der Waals surface area contributed by atoms with Crippen molar-refractivity contribution in [1.29, 1.82) is 0 Å². The normalized spacial score (nSPS) is 10.3. The highest BCUT2D eigenvalue weighted by atomic mass is 14.9. The lowest BCUT2D eigenvalue weighted by atomic mass is 10.1. The minimum Gasteiger partial charge on any atom is -0.385 e. The summed E-state index contributed by atoms with van der Waals surface area (Å²) in [4.78, 5) is 0. The number of unbranched alkanes of at least 4 members (excludes halogenated alkanes) is 3. The average molecular weight is 206 g/mol. The number of para-hydroxylation sites is 1. The summed E-state index contributed by atoms with van der Waals surface area (Å²) in [7, 11) is 0. The van der Waals surface area contributed by atoms with Crippen molar-refractivity contribution >= 4 is 5.69 Å². The van der Waals surface area contributed by atoms with Crippen LogP contribution in [-0.4, -0.2) is 13.1 Å². The molecule has 0 radical (unpaired) electrons. The highest BCUT2D eigenvalue weighted by molar-refractivity contribution is 5.49. The number of hydrogen-bond donors (Lipinski definition) is 2. The van der Waals surface area contributed by atoms with E-state index in [0.29, 0.717) is 0 Å². The van der Waals surface area contributed by atoms with Crippen LogP contribution in [0.15, 0.2) is 24.3 Å². The quantitative estimate of drug-likeness (QED) is 0.673. The van der Waals surface area contributed by atoms with E-state index in [2.05, 4.69) is 36.5 Å². The molecule has 15 heavy (non-hydrogen) atoms. The van der Waals surface area contributed by atoms with Gasteiger partial charge in [0.2, 0.25) is 0 Å². The van der Waals surface area contributed by atoms with E-state index >= 15 is 0 Å². The van der Waals surface area contributed by atoms with Gasteiger partial charge in [0, 0.05) is 12.2 Å². The monoisotopic (exact) mass is 206 g/mol. The first kappa shape index (κ1) is 12.1. The first-order valence-corrected chi connectivity index (χ1v) is 5.84.